The van der Waals surface area contributed by atoms with Gasteiger partial charge in [0.2, 0.25) is 0 Å². The Morgan fingerprint density at radius 3 is 2.07 bits per heavy atom. The third-order valence-corrected chi connectivity index (χ3v) is 5.58. The normalized spacial score (nSPS) is 15.3. The fourth-order valence-electron chi connectivity index (χ4n) is 2.59. The summed E-state index contributed by atoms with van der Waals surface area (Å²) in [6.45, 7) is 0.599. The zero-order valence-corrected chi connectivity index (χ0v) is 15.5. The number of aliphatic hydroxyl groups is 1. The number of halogens is 8. The molecule has 1 aromatic carbocycles. The van der Waals surface area contributed by atoms with E-state index in [1.54, 1.807) is 0 Å². The second-order valence-electron chi connectivity index (χ2n) is 5.90. The maximum absolute atomic E-state index is 13.3. The SMILES string of the molecule is CC(O)(c1cn(-c2c(Cl)cc(C(F)(F)F)cc2Cl)c2ccsc12)C(F)(F)F. The zero-order chi connectivity index (χ0) is 20.4. The summed E-state index contributed by atoms with van der Waals surface area (Å²) in [5.74, 6) is 0. The average Bonchev–Trinajstić information content (AvgIpc) is 3.07. The highest BCUT2D eigenvalue weighted by Crippen LogP contribution is 2.46. The second kappa shape index (κ2) is 6.30. The van der Waals surface area contributed by atoms with E-state index < -0.39 is 39.1 Å². The van der Waals surface area contributed by atoms with Crippen molar-refractivity contribution in [3.8, 4) is 5.69 Å². The summed E-state index contributed by atoms with van der Waals surface area (Å²) in [7, 11) is 0. The van der Waals surface area contributed by atoms with Crippen molar-refractivity contribution in [3.05, 3.63) is 50.9 Å². The van der Waals surface area contributed by atoms with E-state index in [2.05, 4.69) is 0 Å². The molecular weight excluding hydrogens is 439 g/mol. The molecule has 1 unspecified atom stereocenters. The molecule has 3 aromatic rings. The summed E-state index contributed by atoms with van der Waals surface area (Å²) >= 11 is 12.9. The minimum atomic E-state index is -4.97. The van der Waals surface area contributed by atoms with E-state index in [0.717, 1.165) is 22.1 Å². The van der Waals surface area contributed by atoms with Crippen molar-refractivity contribution in [2.75, 3.05) is 0 Å². The van der Waals surface area contributed by atoms with Crippen LogP contribution in [0, 0.1) is 0 Å². The number of nitrogens with zero attached hydrogens (tertiary/aromatic N) is 1. The van der Waals surface area contributed by atoms with Crippen LogP contribution in [0.2, 0.25) is 10.0 Å². The molecule has 0 fully saturated rings. The summed E-state index contributed by atoms with van der Waals surface area (Å²) in [5, 5.41) is 10.7. The number of alkyl halides is 6. The van der Waals surface area contributed by atoms with Crippen LogP contribution in [0.5, 0.6) is 0 Å². The predicted octanol–water partition coefficient (Wildman–Crippen LogP) is 6.79. The van der Waals surface area contributed by atoms with Crippen molar-refractivity contribution in [1.29, 1.82) is 0 Å². The van der Waals surface area contributed by atoms with Gasteiger partial charge in [-0.25, -0.2) is 0 Å². The quantitative estimate of drug-likeness (QED) is 0.430. The molecule has 0 saturated carbocycles. The molecule has 1 atom stereocenters. The van der Waals surface area contributed by atoms with Crippen LogP contribution >= 0.6 is 34.5 Å². The third kappa shape index (κ3) is 3.30. The Labute approximate surface area is 162 Å². The Morgan fingerprint density at radius 1 is 1.04 bits per heavy atom. The molecular formula is C16H9Cl2F6NOS. The molecule has 0 spiro atoms. The van der Waals surface area contributed by atoms with E-state index in [1.807, 2.05) is 0 Å². The van der Waals surface area contributed by atoms with Gasteiger partial charge in [-0.05, 0) is 30.5 Å². The lowest BCUT2D eigenvalue weighted by molar-refractivity contribution is -0.258. The van der Waals surface area contributed by atoms with E-state index in [0.29, 0.717) is 19.1 Å². The molecule has 0 amide bonds. The van der Waals surface area contributed by atoms with Gasteiger partial charge >= 0.3 is 12.4 Å². The highest BCUT2D eigenvalue weighted by molar-refractivity contribution is 7.17. The van der Waals surface area contributed by atoms with Crippen molar-refractivity contribution < 1.29 is 31.4 Å². The average molecular weight is 448 g/mol. The summed E-state index contributed by atoms with van der Waals surface area (Å²) in [6, 6.07) is 2.74. The van der Waals surface area contributed by atoms with E-state index in [1.165, 1.54) is 11.4 Å². The first kappa shape index (κ1) is 20.3. The number of hydrogen-bond donors (Lipinski definition) is 1. The standard InChI is InChI=1S/C16H9Cl2F6NOS/c1-14(26,16(22,23)24)8-6-25(11-2-3-27-13(8)11)12-9(17)4-7(5-10(12)18)15(19,20)21/h2-6,26H,1H3. The van der Waals surface area contributed by atoms with Gasteiger partial charge in [-0.1, -0.05) is 23.2 Å². The minimum absolute atomic E-state index is 0.112. The third-order valence-electron chi connectivity index (χ3n) is 4.07. The maximum atomic E-state index is 13.3. The molecule has 2 aromatic heterocycles. The van der Waals surface area contributed by atoms with Crippen LogP contribution in [0.3, 0.4) is 0 Å². The largest absolute Gasteiger partial charge is 0.421 e. The summed E-state index contributed by atoms with van der Waals surface area (Å²) < 4.78 is 79.8. The molecule has 1 N–H and O–H groups in total. The summed E-state index contributed by atoms with van der Waals surface area (Å²) in [4.78, 5) is 0. The molecule has 0 bridgehead atoms. The Kier molecular flexibility index (Phi) is 4.74. The van der Waals surface area contributed by atoms with Crippen LogP contribution in [0.15, 0.2) is 29.8 Å². The molecule has 0 aliphatic heterocycles. The molecule has 2 nitrogen and oxygen atoms in total. The fraction of sp³-hybridized carbons (Fsp3) is 0.250. The van der Waals surface area contributed by atoms with Crippen LogP contribution < -0.4 is 0 Å². The van der Waals surface area contributed by atoms with Gasteiger partial charge in [-0.15, -0.1) is 11.3 Å². The molecule has 3 rings (SSSR count). The zero-order valence-electron chi connectivity index (χ0n) is 13.2. The van der Waals surface area contributed by atoms with Crippen molar-refractivity contribution in [2.24, 2.45) is 0 Å². The second-order valence-corrected chi connectivity index (χ2v) is 7.63. The van der Waals surface area contributed by atoms with Crippen LogP contribution in [-0.4, -0.2) is 15.8 Å². The van der Waals surface area contributed by atoms with Crippen LogP contribution in [-0.2, 0) is 11.8 Å². The van der Waals surface area contributed by atoms with Gasteiger partial charge in [0.1, 0.15) is 0 Å². The van der Waals surface area contributed by atoms with Gasteiger partial charge in [-0.3, -0.25) is 0 Å². The van der Waals surface area contributed by atoms with Gasteiger partial charge in [-0.2, -0.15) is 26.3 Å². The molecule has 0 radical (unpaired) electrons. The monoisotopic (exact) mass is 447 g/mol. The van der Waals surface area contributed by atoms with E-state index in [9.17, 15) is 31.4 Å². The summed E-state index contributed by atoms with van der Waals surface area (Å²) in [5.41, 5.74) is -4.60. The lowest BCUT2D eigenvalue weighted by atomic mass is 9.98. The fourth-order valence-corrected chi connectivity index (χ4v) is 4.26. The number of thiophene rings is 1. The van der Waals surface area contributed by atoms with Crippen LogP contribution in [0.1, 0.15) is 18.1 Å². The van der Waals surface area contributed by atoms with Gasteiger partial charge in [0, 0.05) is 11.8 Å². The number of aromatic nitrogens is 1. The maximum Gasteiger partial charge on any atom is 0.421 e. The van der Waals surface area contributed by atoms with Gasteiger partial charge in [0.25, 0.3) is 0 Å². The Morgan fingerprint density at radius 2 is 1.59 bits per heavy atom. The molecule has 0 saturated heterocycles. The molecule has 0 aliphatic rings. The first-order chi connectivity index (χ1) is 12.2. The number of rotatable bonds is 2. The number of benzene rings is 1. The van der Waals surface area contributed by atoms with E-state index in [-0.39, 0.29) is 15.9 Å². The van der Waals surface area contributed by atoms with Gasteiger partial charge in [0.15, 0.2) is 5.60 Å². The Bertz CT molecular complexity index is 995. The van der Waals surface area contributed by atoms with Crippen molar-refractivity contribution in [2.45, 2.75) is 24.9 Å². The van der Waals surface area contributed by atoms with Crippen LogP contribution in [0.25, 0.3) is 15.9 Å². The first-order valence-electron chi connectivity index (χ1n) is 7.20. The Hall–Kier alpha value is -1.42. The van der Waals surface area contributed by atoms with Crippen molar-refractivity contribution >= 4 is 44.8 Å². The van der Waals surface area contributed by atoms with Crippen molar-refractivity contribution in [3.63, 3.8) is 0 Å². The molecule has 11 heteroatoms. The van der Waals surface area contributed by atoms with Gasteiger partial charge < -0.3 is 9.67 Å². The lowest BCUT2D eigenvalue weighted by Crippen LogP contribution is -2.39. The molecule has 27 heavy (non-hydrogen) atoms. The number of fused-ring (bicyclic) bond motifs is 1. The predicted molar refractivity (Wildman–Crippen MR) is 91.8 cm³/mol. The van der Waals surface area contributed by atoms with Gasteiger partial charge in [0.05, 0.1) is 31.5 Å². The smallest absolute Gasteiger partial charge is 0.376 e. The highest BCUT2D eigenvalue weighted by Gasteiger charge is 2.52. The first-order valence-corrected chi connectivity index (χ1v) is 8.83. The molecule has 146 valence electrons. The Balaban J connectivity index is 2.28. The van der Waals surface area contributed by atoms with Crippen LogP contribution in [0.4, 0.5) is 26.3 Å². The summed E-state index contributed by atoms with van der Waals surface area (Å²) in [6.07, 6.45) is -8.68. The number of hydrogen-bond acceptors (Lipinski definition) is 2. The van der Waals surface area contributed by atoms with Crippen molar-refractivity contribution in [1.82, 2.24) is 4.57 Å². The molecule has 2 heterocycles. The lowest BCUT2D eigenvalue weighted by Gasteiger charge is -2.25. The van der Waals surface area contributed by atoms with E-state index >= 15 is 0 Å². The topological polar surface area (TPSA) is 25.2 Å². The molecule has 0 aliphatic carbocycles. The minimum Gasteiger partial charge on any atom is -0.376 e. The highest BCUT2D eigenvalue weighted by atomic mass is 35.5. The van der Waals surface area contributed by atoms with E-state index in [4.69, 9.17) is 23.2 Å².